The fraction of sp³-hybridized carbons (Fsp3) is 0.105. The first-order valence-electron chi connectivity index (χ1n) is 7.95. The van der Waals surface area contributed by atoms with Crippen LogP contribution in [0, 0.1) is 11.6 Å². The van der Waals surface area contributed by atoms with Crippen LogP contribution >= 0.6 is 11.6 Å². The summed E-state index contributed by atoms with van der Waals surface area (Å²) in [6.07, 6.45) is -1.37. The van der Waals surface area contributed by atoms with Crippen molar-refractivity contribution in [3.63, 3.8) is 0 Å². The Kier molecular flexibility index (Phi) is 5.41. The molecule has 0 fully saturated rings. The van der Waals surface area contributed by atoms with Gasteiger partial charge in [-0.25, -0.2) is 13.6 Å². The van der Waals surface area contributed by atoms with Crippen molar-refractivity contribution in [3.8, 4) is 0 Å². The van der Waals surface area contributed by atoms with Crippen molar-refractivity contribution in [1.82, 2.24) is 0 Å². The van der Waals surface area contributed by atoms with Gasteiger partial charge in [-0.2, -0.15) is 0 Å². The number of fused-ring (bicyclic) bond motifs is 1. The highest BCUT2D eigenvalue weighted by Gasteiger charge is 2.22. The second-order valence-corrected chi connectivity index (χ2v) is 6.21. The normalized spacial score (nSPS) is 11.9. The predicted molar refractivity (Wildman–Crippen MR) is 97.4 cm³/mol. The number of halogens is 3. The van der Waals surface area contributed by atoms with Crippen LogP contribution in [0.4, 0.5) is 14.5 Å². The van der Waals surface area contributed by atoms with Crippen molar-refractivity contribution in [3.05, 3.63) is 75.1 Å². The number of carbonyl (C=O) groups is 2. The SMILES string of the molecule is C[C@H](OC(=O)c1cc(=O)c2cc(Cl)ccc2o1)C(=O)Nc1cc(F)ccc1F. The summed E-state index contributed by atoms with van der Waals surface area (Å²) in [7, 11) is 0. The van der Waals surface area contributed by atoms with Gasteiger partial charge >= 0.3 is 5.97 Å². The highest BCUT2D eigenvalue weighted by molar-refractivity contribution is 6.31. The second-order valence-electron chi connectivity index (χ2n) is 5.78. The molecule has 1 heterocycles. The fourth-order valence-electron chi connectivity index (χ4n) is 2.33. The zero-order valence-electron chi connectivity index (χ0n) is 14.3. The zero-order valence-corrected chi connectivity index (χ0v) is 15.0. The lowest BCUT2D eigenvalue weighted by molar-refractivity contribution is -0.123. The van der Waals surface area contributed by atoms with E-state index in [2.05, 4.69) is 5.32 Å². The molecule has 0 aliphatic rings. The minimum Gasteiger partial charge on any atom is -0.449 e. The Bertz CT molecular complexity index is 1140. The Morgan fingerprint density at radius 2 is 1.89 bits per heavy atom. The third-order valence-electron chi connectivity index (χ3n) is 3.73. The van der Waals surface area contributed by atoms with Crippen LogP contribution in [0.2, 0.25) is 5.02 Å². The van der Waals surface area contributed by atoms with Crippen LogP contribution in [0.15, 0.2) is 51.7 Å². The number of nitrogens with one attached hydrogen (secondary N) is 1. The molecule has 0 aliphatic heterocycles. The maximum Gasteiger partial charge on any atom is 0.375 e. The molecule has 0 radical (unpaired) electrons. The van der Waals surface area contributed by atoms with Gasteiger partial charge in [-0.3, -0.25) is 9.59 Å². The highest BCUT2D eigenvalue weighted by atomic mass is 35.5. The lowest BCUT2D eigenvalue weighted by Crippen LogP contribution is -2.30. The first kappa shape index (κ1) is 19.5. The van der Waals surface area contributed by atoms with Gasteiger partial charge in [-0.15, -0.1) is 0 Å². The van der Waals surface area contributed by atoms with Gasteiger partial charge in [0, 0.05) is 17.2 Å². The van der Waals surface area contributed by atoms with Crippen molar-refractivity contribution >= 4 is 40.1 Å². The van der Waals surface area contributed by atoms with Crippen molar-refractivity contribution in [2.45, 2.75) is 13.0 Å². The number of esters is 1. The van der Waals surface area contributed by atoms with Crippen molar-refractivity contribution in [2.24, 2.45) is 0 Å². The predicted octanol–water partition coefficient (Wildman–Crippen LogP) is 3.91. The van der Waals surface area contributed by atoms with Gasteiger partial charge in [-0.05, 0) is 37.3 Å². The van der Waals surface area contributed by atoms with Crippen LogP contribution < -0.4 is 10.7 Å². The van der Waals surface area contributed by atoms with Crippen LogP contribution in [0.3, 0.4) is 0 Å². The molecule has 1 atom stereocenters. The van der Waals surface area contributed by atoms with E-state index >= 15 is 0 Å². The summed E-state index contributed by atoms with van der Waals surface area (Å²) in [5, 5.41) is 2.62. The number of anilines is 1. The molecule has 9 heteroatoms. The maximum atomic E-state index is 13.6. The van der Waals surface area contributed by atoms with E-state index in [4.69, 9.17) is 20.8 Å². The van der Waals surface area contributed by atoms with E-state index in [1.165, 1.54) is 25.1 Å². The van der Waals surface area contributed by atoms with E-state index < -0.39 is 46.5 Å². The molecule has 0 unspecified atom stereocenters. The lowest BCUT2D eigenvalue weighted by atomic mass is 10.2. The molecule has 144 valence electrons. The van der Waals surface area contributed by atoms with Crippen LogP contribution in [-0.4, -0.2) is 18.0 Å². The van der Waals surface area contributed by atoms with Gasteiger partial charge in [0.25, 0.3) is 5.91 Å². The molecule has 0 saturated heterocycles. The molecular formula is C19H12ClF2NO5. The summed E-state index contributed by atoms with van der Waals surface area (Å²) in [5.74, 6) is -3.99. The lowest BCUT2D eigenvalue weighted by Gasteiger charge is -2.13. The molecule has 0 saturated carbocycles. The molecule has 2 aromatic carbocycles. The van der Waals surface area contributed by atoms with Gasteiger partial charge < -0.3 is 14.5 Å². The molecule has 3 rings (SSSR count). The van der Waals surface area contributed by atoms with Gasteiger partial charge in [0.15, 0.2) is 11.5 Å². The Morgan fingerprint density at radius 3 is 2.64 bits per heavy atom. The number of rotatable bonds is 4. The molecule has 3 aromatic rings. The number of ether oxygens (including phenoxy) is 1. The number of hydrogen-bond acceptors (Lipinski definition) is 5. The topological polar surface area (TPSA) is 85.6 Å². The molecule has 6 nitrogen and oxygen atoms in total. The van der Waals surface area contributed by atoms with Gasteiger partial charge in [0.2, 0.25) is 5.76 Å². The summed E-state index contributed by atoms with van der Waals surface area (Å²) < 4.78 is 37.0. The van der Waals surface area contributed by atoms with Crippen molar-refractivity contribution in [2.75, 3.05) is 5.32 Å². The average Bonchev–Trinajstić information content (AvgIpc) is 2.65. The summed E-state index contributed by atoms with van der Waals surface area (Å²) in [5.41, 5.74) is -0.806. The van der Waals surface area contributed by atoms with E-state index in [1.54, 1.807) is 0 Å². The van der Waals surface area contributed by atoms with Gasteiger partial charge in [-0.1, -0.05) is 11.6 Å². The number of hydrogen-bond donors (Lipinski definition) is 1. The Balaban J connectivity index is 1.76. The quantitative estimate of drug-likeness (QED) is 0.663. The Hall–Kier alpha value is -3.26. The molecule has 1 N–H and O–H groups in total. The summed E-state index contributed by atoms with van der Waals surface area (Å²) in [4.78, 5) is 36.4. The highest BCUT2D eigenvalue weighted by Crippen LogP contribution is 2.19. The van der Waals surface area contributed by atoms with E-state index in [1.807, 2.05) is 0 Å². The molecule has 0 aliphatic carbocycles. The smallest absolute Gasteiger partial charge is 0.375 e. The second kappa shape index (κ2) is 7.77. The Labute approximate surface area is 161 Å². The fourth-order valence-corrected chi connectivity index (χ4v) is 2.50. The zero-order chi connectivity index (χ0) is 20.4. The molecule has 0 spiro atoms. The summed E-state index contributed by atoms with van der Waals surface area (Å²) >= 11 is 5.82. The molecule has 1 aromatic heterocycles. The first-order valence-corrected chi connectivity index (χ1v) is 8.32. The molecule has 1 amide bonds. The Morgan fingerprint density at radius 1 is 1.14 bits per heavy atom. The van der Waals surface area contributed by atoms with Crippen molar-refractivity contribution in [1.29, 1.82) is 0 Å². The van der Waals surface area contributed by atoms with Gasteiger partial charge in [0.1, 0.15) is 17.2 Å². The van der Waals surface area contributed by atoms with Crippen LogP contribution in [0.1, 0.15) is 17.5 Å². The molecule has 0 bridgehead atoms. The monoisotopic (exact) mass is 407 g/mol. The first-order chi connectivity index (χ1) is 13.2. The number of carbonyl (C=O) groups excluding carboxylic acids is 2. The van der Waals surface area contributed by atoms with E-state index in [9.17, 15) is 23.2 Å². The standard InChI is InChI=1S/C19H12ClF2NO5/c1-9(18(25)23-14-7-11(21)3-4-13(14)22)27-19(26)17-8-15(24)12-6-10(20)2-5-16(12)28-17/h2-9H,1H3,(H,23,25)/t9-/m0/s1. The van der Waals surface area contributed by atoms with Gasteiger partial charge in [0.05, 0.1) is 11.1 Å². The van der Waals surface area contributed by atoms with Crippen LogP contribution in [-0.2, 0) is 9.53 Å². The largest absolute Gasteiger partial charge is 0.449 e. The van der Waals surface area contributed by atoms with E-state index in [-0.39, 0.29) is 11.0 Å². The minimum atomic E-state index is -1.37. The molecular weight excluding hydrogens is 396 g/mol. The summed E-state index contributed by atoms with van der Waals surface area (Å²) in [6.45, 7) is 1.23. The molecule has 28 heavy (non-hydrogen) atoms. The third-order valence-corrected chi connectivity index (χ3v) is 3.96. The van der Waals surface area contributed by atoms with Crippen LogP contribution in [0.5, 0.6) is 0 Å². The van der Waals surface area contributed by atoms with E-state index in [0.717, 1.165) is 24.3 Å². The minimum absolute atomic E-state index is 0.114. The summed E-state index contributed by atoms with van der Waals surface area (Å²) in [6, 6.07) is 7.72. The van der Waals surface area contributed by atoms with E-state index in [0.29, 0.717) is 5.02 Å². The third kappa shape index (κ3) is 4.17. The number of amides is 1. The number of benzene rings is 2. The van der Waals surface area contributed by atoms with Crippen molar-refractivity contribution < 1.29 is 27.5 Å². The van der Waals surface area contributed by atoms with Crippen LogP contribution in [0.25, 0.3) is 11.0 Å². The average molecular weight is 408 g/mol. The maximum absolute atomic E-state index is 13.6.